The van der Waals surface area contributed by atoms with E-state index < -0.39 is 0 Å². The molecule has 0 spiro atoms. The van der Waals surface area contributed by atoms with Crippen molar-refractivity contribution in [1.29, 1.82) is 0 Å². The fourth-order valence-electron chi connectivity index (χ4n) is 4.26. The van der Waals surface area contributed by atoms with Gasteiger partial charge in [-0.1, -0.05) is 0 Å². The first-order chi connectivity index (χ1) is 14.8. The monoisotopic (exact) mass is 518 g/mol. The van der Waals surface area contributed by atoms with Crippen molar-refractivity contribution in [3.05, 3.63) is 83.9 Å². The van der Waals surface area contributed by atoms with Gasteiger partial charge in [-0.3, -0.25) is 0 Å². The van der Waals surface area contributed by atoms with Crippen LogP contribution in [0.15, 0.2) is 72.8 Å². The van der Waals surface area contributed by atoms with Gasteiger partial charge in [0.05, 0.1) is 0 Å². The van der Waals surface area contributed by atoms with Crippen molar-refractivity contribution in [2.45, 2.75) is 26.9 Å². The van der Waals surface area contributed by atoms with Gasteiger partial charge in [-0.15, -0.1) is 0 Å². The Bertz CT molecular complexity index is 962. The molecule has 0 atom stereocenters. The molecule has 0 fully saturated rings. The minimum atomic E-state index is -0.310. The molecule has 150 valence electrons. The van der Waals surface area contributed by atoms with Crippen molar-refractivity contribution in [2.24, 2.45) is 0 Å². The molecule has 0 saturated carbocycles. The maximum atomic E-state index is 2.62. The molecule has 3 aromatic carbocycles. The van der Waals surface area contributed by atoms with E-state index in [4.69, 9.17) is 0 Å². The molecule has 2 aliphatic rings. The Morgan fingerprint density at radius 2 is 0.933 bits per heavy atom. The molecule has 0 unspecified atom stereocenters. The van der Waals surface area contributed by atoms with E-state index in [1.165, 1.54) is 33.9 Å². The third-order valence-corrected chi connectivity index (χ3v) is 11.8. The first-order valence-corrected chi connectivity index (χ1v) is 14.4. The van der Waals surface area contributed by atoms with Crippen molar-refractivity contribution < 1.29 is 0 Å². The second-order valence-electron chi connectivity index (χ2n) is 7.66. The molecule has 2 heterocycles. The third-order valence-electron chi connectivity index (χ3n) is 5.71. The Kier molecular flexibility index (Phi) is 5.69. The summed E-state index contributed by atoms with van der Waals surface area (Å²) in [4.78, 5) is 0. The molecule has 0 saturated heterocycles. The second kappa shape index (κ2) is 8.59. The molecule has 5 rings (SSSR count). The van der Waals surface area contributed by atoms with E-state index in [0.717, 1.165) is 26.2 Å². The number of rotatable bonds is 6. The van der Waals surface area contributed by atoms with E-state index in [-0.39, 0.29) is 31.8 Å². The summed E-state index contributed by atoms with van der Waals surface area (Å²) >= 11 is -0.621. The third kappa shape index (κ3) is 3.71. The molecule has 0 aromatic heterocycles. The summed E-state index contributed by atoms with van der Waals surface area (Å²) in [6, 6.07) is 27.0. The Balaban J connectivity index is 1.34. The van der Waals surface area contributed by atoms with Gasteiger partial charge in [-0.05, 0) is 0 Å². The van der Waals surface area contributed by atoms with E-state index in [1.807, 2.05) is 0 Å². The zero-order valence-electron chi connectivity index (χ0n) is 17.5. The molecule has 6 heteroatoms. The van der Waals surface area contributed by atoms with Crippen LogP contribution in [-0.2, 0) is 13.1 Å². The molecule has 0 aliphatic carbocycles. The first-order valence-electron chi connectivity index (χ1n) is 10.7. The predicted octanol–water partition coefficient (Wildman–Crippen LogP) is 4.45. The Labute approximate surface area is 193 Å². The molecule has 4 radical (unpaired) electrons. The zero-order valence-corrected chi connectivity index (χ0v) is 21.7. The number of nitrogens with zero attached hydrogens (tertiary/aromatic N) is 4. The van der Waals surface area contributed by atoms with Gasteiger partial charge in [-0.2, -0.15) is 0 Å². The van der Waals surface area contributed by atoms with E-state index >= 15 is 0 Å². The van der Waals surface area contributed by atoms with E-state index in [1.54, 1.807) is 0 Å². The van der Waals surface area contributed by atoms with Gasteiger partial charge in [0.2, 0.25) is 0 Å². The number of anilines is 4. The molecule has 0 amide bonds. The van der Waals surface area contributed by atoms with Crippen LogP contribution in [0.3, 0.4) is 0 Å². The fourth-order valence-corrected chi connectivity index (χ4v) is 9.63. The molecule has 3 aromatic rings. The molecule has 0 bridgehead atoms. The average Bonchev–Trinajstić information content (AvgIpc) is 3.32. The molecular weight excluding hydrogens is 490 g/mol. The summed E-state index contributed by atoms with van der Waals surface area (Å²) in [5.74, 6) is 0. The SMILES string of the molecule is CC[N]1[Ge][N](Cc2cccc(C[N]3[Ge][N](CC)c4ccccc43)c2)c2ccccc21. The molecule has 2 aliphatic heterocycles. The number of hydrogen-bond acceptors (Lipinski definition) is 4. The van der Waals surface area contributed by atoms with E-state index in [2.05, 4.69) is 102 Å². The van der Waals surface area contributed by atoms with Gasteiger partial charge in [0.1, 0.15) is 0 Å². The maximum absolute atomic E-state index is 2.62. The van der Waals surface area contributed by atoms with Crippen LogP contribution in [0.4, 0.5) is 22.7 Å². The zero-order chi connectivity index (χ0) is 20.5. The topological polar surface area (TPSA) is 13.0 Å². The van der Waals surface area contributed by atoms with Gasteiger partial charge in [-0.25, -0.2) is 0 Å². The minimum absolute atomic E-state index is 0.310. The van der Waals surface area contributed by atoms with E-state index in [0.29, 0.717) is 0 Å². The standard InChI is InChI=1S/C24H26Ge2N4/c1-3-27-21-12-5-7-14-23(21)29(25-27)17-19-10-9-11-20(16-19)18-30-24-15-8-6-13-22(24)28(4-2)26-30/h5-16H,3-4,17-18H2,1-2H3. The fraction of sp³-hybridized carbons (Fsp3) is 0.250. The summed E-state index contributed by atoms with van der Waals surface area (Å²) in [6.07, 6.45) is 0. The molecule has 30 heavy (non-hydrogen) atoms. The second-order valence-corrected chi connectivity index (χ2v) is 13.0. The van der Waals surface area contributed by atoms with Crippen molar-refractivity contribution in [3.63, 3.8) is 0 Å². The summed E-state index contributed by atoms with van der Waals surface area (Å²) in [6.45, 7) is 8.74. The van der Waals surface area contributed by atoms with Crippen LogP contribution in [0.1, 0.15) is 25.0 Å². The van der Waals surface area contributed by atoms with Crippen LogP contribution in [0.2, 0.25) is 0 Å². The van der Waals surface area contributed by atoms with Crippen LogP contribution in [0.5, 0.6) is 0 Å². The van der Waals surface area contributed by atoms with Crippen molar-refractivity contribution in [3.8, 4) is 0 Å². The molecular formula is C24H26Ge2N4. The molecule has 4 nitrogen and oxygen atoms in total. The summed E-state index contributed by atoms with van der Waals surface area (Å²) in [7, 11) is 0. The normalized spacial score (nSPS) is 15.0. The van der Waals surface area contributed by atoms with E-state index in [9.17, 15) is 0 Å². The quantitative estimate of drug-likeness (QED) is 0.450. The van der Waals surface area contributed by atoms with Crippen molar-refractivity contribution >= 4 is 54.5 Å². The Morgan fingerprint density at radius 1 is 0.533 bits per heavy atom. The van der Waals surface area contributed by atoms with Crippen LogP contribution in [0.25, 0.3) is 0 Å². The van der Waals surface area contributed by atoms with Crippen LogP contribution < -0.4 is 15.4 Å². The van der Waals surface area contributed by atoms with Crippen LogP contribution >= 0.6 is 0 Å². The number of para-hydroxylation sites is 4. The van der Waals surface area contributed by atoms with Gasteiger partial charge in [0.15, 0.2) is 0 Å². The summed E-state index contributed by atoms with van der Waals surface area (Å²) in [5, 5.41) is 0. The van der Waals surface area contributed by atoms with Gasteiger partial charge in [0.25, 0.3) is 0 Å². The van der Waals surface area contributed by atoms with Crippen molar-refractivity contribution in [2.75, 3.05) is 28.5 Å². The Morgan fingerprint density at radius 3 is 1.33 bits per heavy atom. The van der Waals surface area contributed by atoms with Crippen molar-refractivity contribution in [1.82, 2.24) is 0 Å². The van der Waals surface area contributed by atoms with Gasteiger partial charge < -0.3 is 0 Å². The first kappa shape index (κ1) is 19.9. The predicted molar refractivity (Wildman–Crippen MR) is 129 cm³/mol. The van der Waals surface area contributed by atoms with Crippen LogP contribution in [0, 0.1) is 0 Å². The number of benzene rings is 3. The van der Waals surface area contributed by atoms with Gasteiger partial charge >= 0.3 is 194 Å². The van der Waals surface area contributed by atoms with Crippen LogP contribution in [-0.4, -0.2) is 44.8 Å². The Hall–Kier alpha value is -2.05. The molecule has 0 N–H and O–H groups in total. The number of hydrogen-bond donors (Lipinski definition) is 0. The number of fused-ring (bicyclic) bond motifs is 2. The average molecular weight is 516 g/mol. The summed E-state index contributed by atoms with van der Waals surface area (Å²) < 4.78 is 10.4. The summed E-state index contributed by atoms with van der Waals surface area (Å²) in [5.41, 5.74) is 8.48. The van der Waals surface area contributed by atoms with Gasteiger partial charge in [0, 0.05) is 0 Å².